The third-order valence-electron chi connectivity index (χ3n) is 5.69. The van der Waals surface area contributed by atoms with Crippen LogP contribution in [0, 0.1) is 6.92 Å². The van der Waals surface area contributed by atoms with Gasteiger partial charge in [-0.05, 0) is 49.4 Å². The molecule has 0 aromatic heterocycles. The van der Waals surface area contributed by atoms with Crippen LogP contribution in [0.4, 0.5) is 11.4 Å². The molecule has 0 saturated carbocycles. The minimum absolute atomic E-state index is 0.0608. The Morgan fingerprint density at radius 1 is 0.972 bits per heavy atom. The third-order valence-corrected chi connectivity index (χ3v) is 5.69. The fourth-order valence-electron chi connectivity index (χ4n) is 3.83. The second kappa shape index (κ2) is 10.9. The standard InChI is InChI=1S/C27H28N2O7/c1-17-5-8-20(9-6-17)35-12-11-29-21-15-19(7-10-22(21)36-16-25(29)30)28-27(31)18-13-23(32-2)26(34-4)24(14-18)33-3/h5-10,13-15H,11-12,16H2,1-4H3,(H,28,31). The van der Waals surface area contributed by atoms with E-state index in [-0.39, 0.29) is 18.4 Å². The zero-order valence-electron chi connectivity index (χ0n) is 20.6. The van der Waals surface area contributed by atoms with Crippen molar-refractivity contribution in [2.75, 3.05) is 51.3 Å². The van der Waals surface area contributed by atoms with Crippen LogP contribution in [0.25, 0.3) is 0 Å². The van der Waals surface area contributed by atoms with Crippen molar-refractivity contribution in [3.63, 3.8) is 0 Å². The van der Waals surface area contributed by atoms with Crippen LogP contribution in [0.2, 0.25) is 0 Å². The van der Waals surface area contributed by atoms with Crippen molar-refractivity contribution in [3.05, 3.63) is 65.7 Å². The summed E-state index contributed by atoms with van der Waals surface area (Å²) in [4.78, 5) is 27.2. The van der Waals surface area contributed by atoms with E-state index in [9.17, 15) is 9.59 Å². The largest absolute Gasteiger partial charge is 0.493 e. The first-order valence-corrected chi connectivity index (χ1v) is 11.3. The summed E-state index contributed by atoms with van der Waals surface area (Å²) in [5.74, 6) is 1.83. The van der Waals surface area contributed by atoms with Crippen LogP contribution in [0.5, 0.6) is 28.7 Å². The fraction of sp³-hybridized carbons (Fsp3) is 0.259. The summed E-state index contributed by atoms with van der Waals surface area (Å²) in [5.41, 5.74) is 2.51. The molecule has 0 atom stereocenters. The number of nitrogens with zero attached hydrogens (tertiary/aromatic N) is 1. The van der Waals surface area contributed by atoms with Crippen molar-refractivity contribution in [2.45, 2.75) is 6.92 Å². The number of anilines is 2. The average molecular weight is 493 g/mol. The number of ether oxygens (including phenoxy) is 5. The highest BCUT2D eigenvalue weighted by Gasteiger charge is 2.26. The first-order chi connectivity index (χ1) is 17.4. The molecule has 0 unspecified atom stereocenters. The summed E-state index contributed by atoms with van der Waals surface area (Å²) in [6.45, 7) is 2.57. The van der Waals surface area contributed by atoms with Crippen LogP contribution in [0.3, 0.4) is 0 Å². The Morgan fingerprint density at radius 3 is 2.31 bits per heavy atom. The number of methoxy groups -OCH3 is 3. The van der Waals surface area contributed by atoms with Gasteiger partial charge in [0.1, 0.15) is 18.1 Å². The fourth-order valence-corrected chi connectivity index (χ4v) is 3.83. The van der Waals surface area contributed by atoms with Gasteiger partial charge >= 0.3 is 0 Å². The monoisotopic (exact) mass is 492 g/mol. The van der Waals surface area contributed by atoms with Gasteiger partial charge in [-0.2, -0.15) is 0 Å². The van der Waals surface area contributed by atoms with E-state index in [2.05, 4.69) is 5.32 Å². The molecule has 36 heavy (non-hydrogen) atoms. The van der Waals surface area contributed by atoms with Gasteiger partial charge in [0.05, 0.1) is 33.6 Å². The molecule has 9 heteroatoms. The van der Waals surface area contributed by atoms with Crippen molar-refractivity contribution in [3.8, 4) is 28.7 Å². The molecule has 3 aromatic carbocycles. The lowest BCUT2D eigenvalue weighted by Gasteiger charge is -2.29. The molecular formula is C27H28N2O7. The molecule has 3 aromatic rings. The normalized spacial score (nSPS) is 12.3. The van der Waals surface area contributed by atoms with E-state index in [4.69, 9.17) is 23.7 Å². The van der Waals surface area contributed by atoms with Crippen LogP contribution in [-0.2, 0) is 4.79 Å². The Kier molecular flexibility index (Phi) is 7.48. The Hall–Kier alpha value is -4.40. The topological polar surface area (TPSA) is 95.6 Å². The number of hydrogen-bond acceptors (Lipinski definition) is 7. The maximum atomic E-state index is 13.0. The predicted octanol–water partition coefficient (Wildman–Crippen LogP) is 4.08. The van der Waals surface area contributed by atoms with Crippen LogP contribution < -0.4 is 33.9 Å². The lowest BCUT2D eigenvalue weighted by atomic mass is 10.1. The Bertz CT molecular complexity index is 1230. The molecule has 0 aliphatic carbocycles. The van der Waals surface area contributed by atoms with Gasteiger partial charge in [0.2, 0.25) is 5.75 Å². The third kappa shape index (κ3) is 5.30. The number of benzene rings is 3. The molecule has 1 aliphatic heterocycles. The number of hydrogen-bond donors (Lipinski definition) is 1. The molecule has 4 rings (SSSR count). The molecule has 1 heterocycles. The van der Waals surface area contributed by atoms with Crippen molar-refractivity contribution >= 4 is 23.2 Å². The minimum Gasteiger partial charge on any atom is -0.493 e. The van der Waals surface area contributed by atoms with Gasteiger partial charge in [-0.1, -0.05) is 17.7 Å². The summed E-state index contributed by atoms with van der Waals surface area (Å²) in [5, 5.41) is 2.86. The predicted molar refractivity (Wildman–Crippen MR) is 135 cm³/mol. The van der Waals surface area contributed by atoms with Crippen LogP contribution in [0.1, 0.15) is 15.9 Å². The zero-order valence-corrected chi connectivity index (χ0v) is 20.6. The van der Waals surface area contributed by atoms with E-state index in [1.165, 1.54) is 21.3 Å². The van der Waals surface area contributed by atoms with Gasteiger partial charge in [-0.15, -0.1) is 0 Å². The number of amides is 2. The van der Waals surface area contributed by atoms with Gasteiger partial charge in [0, 0.05) is 11.3 Å². The summed E-state index contributed by atoms with van der Waals surface area (Å²) < 4.78 is 27.4. The molecule has 0 spiro atoms. The molecule has 0 saturated heterocycles. The number of carbonyl (C=O) groups is 2. The smallest absolute Gasteiger partial charge is 0.265 e. The Labute approximate surface area is 209 Å². The minimum atomic E-state index is -0.383. The number of rotatable bonds is 9. The van der Waals surface area contributed by atoms with Gasteiger partial charge in [0.25, 0.3) is 11.8 Å². The van der Waals surface area contributed by atoms with E-state index < -0.39 is 0 Å². The van der Waals surface area contributed by atoms with Gasteiger partial charge in [-0.3, -0.25) is 9.59 Å². The van der Waals surface area contributed by atoms with Crippen molar-refractivity contribution in [2.24, 2.45) is 0 Å². The summed E-state index contributed by atoms with van der Waals surface area (Å²) in [6, 6.07) is 16.0. The lowest BCUT2D eigenvalue weighted by Crippen LogP contribution is -2.41. The zero-order chi connectivity index (χ0) is 25.7. The molecule has 9 nitrogen and oxygen atoms in total. The maximum absolute atomic E-state index is 13.0. The highest BCUT2D eigenvalue weighted by atomic mass is 16.5. The SMILES string of the molecule is COc1cc(C(=O)Nc2ccc3c(c2)N(CCOc2ccc(C)cc2)C(=O)CO3)cc(OC)c1OC. The molecule has 188 valence electrons. The molecule has 1 aliphatic rings. The summed E-state index contributed by atoms with van der Waals surface area (Å²) in [6.07, 6.45) is 0. The summed E-state index contributed by atoms with van der Waals surface area (Å²) in [7, 11) is 4.46. The quantitative estimate of drug-likeness (QED) is 0.481. The van der Waals surface area contributed by atoms with Gasteiger partial charge < -0.3 is 33.9 Å². The first-order valence-electron chi connectivity index (χ1n) is 11.3. The highest BCUT2D eigenvalue weighted by Crippen LogP contribution is 2.39. The van der Waals surface area contributed by atoms with E-state index in [0.717, 1.165) is 11.3 Å². The van der Waals surface area contributed by atoms with Crippen LogP contribution in [-0.4, -0.2) is 52.9 Å². The highest BCUT2D eigenvalue weighted by molar-refractivity contribution is 6.06. The second-order valence-corrected chi connectivity index (χ2v) is 8.05. The average Bonchev–Trinajstić information content (AvgIpc) is 2.90. The lowest BCUT2D eigenvalue weighted by molar-refractivity contribution is -0.121. The molecule has 0 fully saturated rings. The first kappa shape index (κ1) is 24.7. The van der Waals surface area contributed by atoms with E-state index in [1.54, 1.807) is 35.2 Å². The molecule has 2 amide bonds. The number of carbonyl (C=O) groups excluding carboxylic acids is 2. The second-order valence-electron chi connectivity index (χ2n) is 8.05. The van der Waals surface area contributed by atoms with Crippen molar-refractivity contribution in [1.82, 2.24) is 0 Å². The van der Waals surface area contributed by atoms with Crippen molar-refractivity contribution < 1.29 is 33.3 Å². The number of nitrogens with one attached hydrogen (secondary N) is 1. The van der Waals surface area contributed by atoms with Crippen molar-refractivity contribution in [1.29, 1.82) is 0 Å². The van der Waals surface area contributed by atoms with E-state index in [0.29, 0.717) is 53.1 Å². The Balaban J connectivity index is 1.51. The molecule has 0 radical (unpaired) electrons. The summed E-state index contributed by atoms with van der Waals surface area (Å²) >= 11 is 0. The maximum Gasteiger partial charge on any atom is 0.265 e. The molecule has 1 N–H and O–H groups in total. The van der Waals surface area contributed by atoms with Gasteiger partial charge in [0.15, 0.2) is 18.1 Å². The van der Waals surface area contributed by atoms with Crippen LogP contribution >= 0.6 is 0 Å². The van der Waals surface area contributed by atoms with Crippen LogP contribution in [0.15, 0.2) is 54.6 Å². The van der Waals surface area contributed by atoms with E-state index >= 15 is 0 Å². The molecular weight excluding hydrogens is 464 g/mol. The molecule has 0 bridgehead atoms. The Morgan fingerprint density at radius 2 is 1.67 bits per heavy atom. The number of fused-ring (bicyclic) bond motifs is 1. The number of aryl methyl sites for hydroxylation is 1. The van der Waals surface area contributed by atoms with E-state index in [1.807, 2.05) is 31.2 Å². The van der Waals surface area contributed by atoms with Gasteiger partial charge in [-0.25, -0.2) is 0 Å².